The van der Waals surface area contributed by atoms with Crippen molar-refractivity contribution < 1.29 is 0 Å². The van der Waals surface area contributed by atoms with Crippen LogP contribution in [-0.4, -0.2) is 12.0 Å². The van der Waals surface area contributed by atoms with Gasteiger partial charge >= 0.3 is 0 Å². The summed E-state index contributed by atoms with van der Waals surface area (Å²) in [5, 5.41) is 0. The summed E-state index contributed by atoms with van der Waals surface area (Å²) in [7, 11) is 0. The van der Waals surface area contributed by atoms with Gasteiger partial charge < -0.3 is 0 Å². The fourth-order valence-corrected chi connectivity index (χ4v) is 1.06. The highest BCUT2D eigenvalue weighted by atomic mass is 32.2. The average molecular weight is 170 g/mol. The monoisotopic (exact) mass is 170 g/mol. The highest BCUT2D eigenvalue weighted by Crippen LogP contribution is 2.12. The smallest absolute Gasteiger partial charge is 0.0110 e. The van der Waals surface area contributed by atoms with Crippen LogP contribution in [0.15, 0.2) is 24.8 Å². The van der Waals surface area contributed by atoms with E-state index >= 15 is 0 Å². The molecule has 64 valence electrons. The van der Waals surface area contributed by atoms with Crippen molar-refractivity contribution in [3.63, 3.8) is 0 Å². The topological polar surface area (TPSA) is 0 Å². The van der Waals surface area contributed by atoms with Crippen LogP contribution in [-0.2, 0) is 0 Å². The summed E-state index contributed by atoms with van der Waals surface area (Å²) in [6, 6.07) is 0. The van der Waals surface area contributed by atoms with Gasteiger partial charge in [-0.05, 0) is 18.1 Å². The molecule has 2 unspecified atom stereocenters. The van der Waals surface area contributed by atoms with Crippen molar-refractivity contribution in [1.82, 2.24) is 0 Å². The maximum Gasteiger partial charge on any atom is 0.0110 e. The van der Waals surface area contributed by atoms with E-state index in [-0.39, 0.29) is 0 Å². The summed E-state index contributed by atoms with van der Waals surface area (Å²) in [5.41, 5.74) is 0. The molecule has 11 heavy (non-hydrogen) atoms. The van der Waals surface area contributed by atoms with E-state index in [0.717, 1.165) is 5.75 Å². The second-order valence-electron chi connectivity index (χ2n) is 2.84. The van der Waals surface area contributed by atoms with E-state index in [0.29, 0.717) is 11.8 Å². The minimum atomic E-state index is 0.591. The fraction of sp³-hybridized carbons (Fsp3) is 0.600. The molecule has 0 aliphatic carbocycles. The molecule has 0 N–H and O–H groups in total. The number of rotatable bonds is 5. The first-order chi connectivity index (χ1) is 5.22. The van der Waals surface area contributed by atoms with E-state index in [1.54, 1.807) is 0 Å². The number of hydrogen-bond acceptors (Lipinski definition) is 1. The lowest BCUT2D eigenvalue weighted by Gasteiger charge is -2.10. The van der Waals surface area contributed by atoms with Crippen molar-refractivity contribution in [2.75, 3.05) is 12.0 Å². The molecular weight excluding hydrogens is 152 g/mol. The Kier molecular flexibility index (Phi) is 6.43. The van der Waals surface area contributed by atoms with E-state index in [2.05, 4.69) is 38.8 Å². The zero-order chi connectivity index (χ0) is 8.69. The van der Waals surface area contributed by atoms with Crippen molar-refractivity contribution in [3.05, 3.63) is 24.8 Å². The third kappa shape index (κ3) is 5.14. The normalized spacial score (nSPS) is 16.6. The molecule has 0 saturated carbocycles. The van der Waals surface area contributed by atoms with Gasteiger partial charge in [0.2, 0.25) is 0 Å². The van der Waals surface area contributed by atoms with Gasteiger partial charge in [-0.1, -0.05) is 32.1 Å². The molecule has 0 rings (SSSR count). The second-order valence-corrected chi connectivity index (χ2v) is 3.75. The Morgan fingerprint density at radius 2 is 2.00 bits per heavy atom. The van der Waals surface area contributed by atoms with Crippen LogP contribution in [0.3, 0.4) is 0 Å². The molecule has 0 saturated heterocycles. The molecule has 0 aromatic heterocycles. The van der Waals surface area contributed by atoms with Crippen molar-refractivity contribution in [3.8, 4) is 0 Å². The minimum absolute atomic E-state index is 0.591. The molecule has 1 heteroatoms. The first kappa shape index (κ1) is 10.8. The van der Waals surface area contributed by atoms with Gasteiger partial charge in [0.15, 0.2) is 0 Å². The van der Waals surface area contributed by atoms with Crippen LogP contribution in [0.2, 0.25) is 0 Å². The lowest BCUT2D eigenvalue weighted by atomic mass is 9.96. The zero-order valence-electron chi connectivity index (χ0n) is 7.71. The predicted octanol–water partition coefficient (Wildman–Crippen LogP) is 3.36. The third-order valence-electron chi connectivity index (χ3n) is 1.90. The summed E-state index contributed by atoms with van der Waals surface area (Å²) in [6.07, 6.45) is 8.62. The molecule has 0 nitrogen and oxygen atoms in total. The van der Waals surface area contributed by atoms with Crippen molar-refractivity contribution in [2.24, 2.45) is 11.8 Å². The van der Waals surface area contributed by atoms with E-state index in [9.17, 15) is 0 Å². The van der Waals surface area contributed by atoms with Crippen LogP contribution >= 0.6 is 11.8 Å². The molecule has 0 radical (unpaired) electrons. The fourth-order valence-electron chi connectivity index (χ4n) is 0.756. The van der Waals surface area contributed by atoms with Crippen LogP contribution in [0.4, 0.5) is 0 Å². The van der Waals surface area contributed by atoms with E-state index in [1.165, 1.54) is 0 Å². The quantitative estimate of drug-likeness (QED) is 0.570. The Labute approximate surface area is 74.8 Å². The number of allylic oxidation sites excluding steroid dienone is 2. The lowest BCUT2D eigenvalue weighted by Crippen LogP contribution is -2.00. The van der Waals surface area contributed by atoms with Gasteiger partial charge in [0, 0.05) is 5.75 Å². The van der Waals surface area contributed by atoms with E-state index in [4.69, 9.17) is 0 Å². The summed E-state index contributed by atoms with van der Waals surface area (Å²) in [4.78, 5) is 0. The van der Waals surface area contributed by atoms with Crippen molar-refractivity contribution in [1.29, 1.82) is 0 Å². The third-order valence-corrected chi connectivity index (χ3v) is 2.43. The lowest BCUT2D eigenvalue weighted by molar-refractivity contribution is 0.559. The van der Waals surface area contributed by atoms with Crippen LogP contribution in [0, 0.1) is 11.8 Å². The van der Waals surface area contributed by atoms with Crippen molar-refractivity contribution in [2.45, 2.75) is 13.8 Å². The standard InChI is InChI=1S/C10H18S/c1-5-9(2)10(3)7-6-8-11-4/h5-7,9-10H,1,8H2,2-4H3/b7-6-. The Hall–Kier alpha value is -0.170. The molecule has 0 aliphatic rings. The molecule has 0 amide bonds. The molecule has 0 heterocycles. The number of thioether (sulfide) groups is 1. The Balaban J connectivity index is 3.65. The molecule has 0 aromatic rings. The predicted molar refractivity (Wildman–Crippen MR) is 56.0 cm³/mol. The molecule has 0 aromatic carbocycles. The van der Waals surface area contributed by atoms with Gasteiger partial charge in [0.1, 0.15) is 0 Å². The minimum Gasteiger partial charge on any atom is -0.161 e. The van der Waals surface area contributed by atoms with Gasteiger partial charge in [0.25, 0.3) is 0 Å². The van der Waals surface area contributed by atoms with Crippen LogP contribution in [0.25, 0.3) is 0 Å². The van der Waals surface area contributed by atoms with Crippen LogP contribution in [0.5, 0.6) is 0 Å². The SMILES string of the molecule is C=CC(C)C(C)/C=C\CSC. The van der Waals surface area contributed by atoms with Gasteiger partial charge in [-0.25, -0.2) is 0 Å². The van der Waals surface area contributed by atoms with Crippen LogP contribution in [0.1, 0.15) is 13.8 Å². The summed E-state index contributed by atoms with van der Waals surface area (Å²) in [6.45, 7) is 8.19. The summed E-state index contributed by atoms with van der Waals surface area (Å²) < 4.78 is 0. The Bertz CT molecular complexity index is 127. The average Bonchev–Trinajstić information content (AvgIpc) is 2.03. The first-order valence-electron chi connectivity index (χ1n) is 4.00. The Morgan fingerprint density at radius 3 is 2.45 bits per heavy atom. The molecular formula is C10H18S. The summed E-state index contributed by atoms with van der Waals surface area (Å²) in [5.74, 6) is 2.33. The molecule has 0 spiro atoms. The van der Waals surface area contributed by atoms with Gasteiger partial charge in [-0.3, -0.25) is 0 Å². The van der Waals surface area contributed by atoms with E-state index in [1.807, 2.05) is 17.8 Å². The maximum absolute atomic E-state index is 3.77. The van der Waals surface area contributed by atoms with Crippen molar-refractivity contribution >= 4 is 11.8 Å². The highest BCUT2D eigenvalue weighted by molar-refractivity contribution is 7.98. The molecule has 0 bridgehead atoms. The molecule has 2 atom stereocenters. The maximum atomic E-state index is 3.77. The number of hydrogen-bond donors (Lipinski definition) is 0. The van der Waals surface area contributed by atoms with Gasteiger partial charge in [0.05, 0.1) is 0 Å². The molecule has 0 aliphatic heterocycles. The highest BCUT2D eigenvalue weighted by Gasteiger charge is 2.02. The second kappa shape index (κ2) is 6.53. The van der Waals surface area contributed by atoms with Gasteiger partial charge in [-0.15, -0.1) is 6.58 Å². The zero-order valence-corrected chi connectivity index (χ0v) is 8.53. The molecule has 0 fully saturated rings. The van der Waals surface area contributed by atoms with Crippen LogP contribution < -0.4 is 0 Å². The van der Waals surface area contributed by atoms with E-state index < -0.39 is 0 Å². The largest absolute Gasteiger partial charge is 0.161 e. The first-order valence-corrected chi connectivity index (χ1v) is 5.40. The summed E-state index contributed by atoms with van der Waals surface area (Å²) >= 11 is 1.85. The Morgan fingerprint density at radius 1 is 1.36 bits per heavy atom. The van der Waals surface area contributed by atoms with Gasteiger partial charge in [-0.2, -0.15) is 11.8 Å².